The monoisotopic (exact) mass is 378 g/mol. The first-order valence-corrected chi connectivity index (χ1v) is 9.86. The predicted molar refractivity (Wildman–Crippen MR) is 102 cm³/mol. The molecule has 0 saturated heterocycles. The fraction of sp³-hybridized carbons (Fsp3) is 0.429. The van der Waals surface area contributed by atoms with E-state index in [4.69, 9.17) is 0 Å². The van der Waals surface area contributed by atoms with E-state index in [1.807, 2.05) is 36.4 Å². The quantitative estimate of drug-likeness (QED) is 0.798. The number of nitrogens with one attached hydrogen (secondary N) is 1. The molecule has 7 nitrogen and oxygen atoms in total. The average molecular weight is 378 g/mol. The highest BCUT2D eigenvalue weighted by Crippen LogP contribution is 2.48. The van der Waals surface area contributed by atoms with Crippen molar-refractivity contribution in [1.29, 1.82) is 0 Å². The maximum Gasteiger partial charge on any atom is 0.307 e. The molecule has 4 unspecified atom stereocenters. The SMILES string of the molecule is O=C(O)C1C2C=CC(C2)C1C(=O)Nc1ccc(-c2nnc3n2CCCC3)cc1. The number of allylic oxidation sites excluding steroid dienone is 2. The first-order valence-electron chi connectivity index (χ1n) is 9.86. The lowest BCUT2D eigenvalue weighted by Crippen LogP contribution is -2.36. The zero-order chi connectivity index (χ0) is 19.3. The van der Waals surface area contributed by atoms with Gasteiger partial charge in [-0.3, -0.25) is 9.59 Å². The van der Waals surface area contributed by atoms with Gasteiger partial charge in [-0.2, -0.15) is 0 Å². The fourth-order valence-corrected chi connectivity index (χ4v) is 4.97. The normalized spacial score (nSPS) is 27.6. The summed E-state index contributed by atoms with van der Waals surface area (Å²) in [7, 11) is 0. The van der Waals surface area contributed by atoms with Gasteiger partial charge in [0, 0.05) is 24.2 Å². The van der Waals surface area contributed by atoms with Gasteiger partial charge in [-0.15, -0.1) is 10.2 Å². The Morgan fingerprint density at radius 1 is 1.04 bits per heavy atom. The molecule has 2 N–H and O–H groups in total. The first kappa shape index (κ1) is 17.2. The third-order valence-electron chi connectivity index (χ3n) is 6.32. The van der Waals surface area contributed by atoms with E-state index in [0.717, 1.165) is 49.4 Å². The molecular weight excluding hydrogens is 356 g/mol. The zero-order valence-electron chi connectivity index (χ0n) is 15.4. The van der Waals surface area contributed by atoms with Crippen molar-refractivity contribution in [2.45, 2.75) is 32.2 Å². The van der Waals surface area contributed by atoms with E-state index in [9.17, 15) is 14.7 Å². The molecule has 0 radical (unpaired) electrons. The van der Waals surface area contributed by atoms with Gasteiger partial charge in [0.15, 0.2) is 5.82 Å². The summed E-state index contributed by atoms with van der Waals surface area (Å²) in [6.45, 7) is 0.935. The number of hydrogen-bond acceptors (Lipinski definition) is 4. The molecule has 1 saturated carbocycles. The van der Waals surface area contributed by atoms with Crippen molar-refractivity contribution >= 4 is 17.6 Å². The summed E-state index contributed by atoms with van der Waals surface area (Å²) < 4.78 is 2.16. The Hall–Kier alpha value is -2.96. The van der Waals surface area contributed by atoms with Crippen LogP contribution >= 0.6 is 0 Å². The molecule has 5 rings (SSSR count). The maximum atomic E-state index is 12.8. The van der Waals surface area contributed by atoms with Crippen molar-refractivity contribution in [2.75, 3.05) is 5.32 Å². The molecule has 28 heavy (non-hydrogen) atoms. The van der Waals surface area contributed by atoms with Gasteiger partial charge in [0.2, 0.25) is 5.91 Å². The van der Waals surface area contributed by atoms with Crippen molar-refractivity contribution in [3.63, 3.8) is 0 Å². The molecule has 2 aromatic rings. The van der Waals surface area contributed by atoms with Gasteiger partial charge in [0.05, 0.1) is 11.8 Å². The number of fused-ring (bicyclic) bond motifs is 3. The van der Waals surface area contributed by atoms with Gasteiger partial charge < -0.3 is 15.0 Å². The highest BCUT2D eigenvalue weighted by atomic mass is 16.4. The molecule has 2 aliphatic carbocycles. The molecule has 1 aromatic carbocycles. The second-order valence-electron chi connectivity index (χ2n) is 7.95. The summed E-state index contributed by atoms with van der Waals surface area (Å²) in [6.07, 6.45) is 7.94. The lowest BCUT2D eigenvalue weighted by molar-refractivity contribution is -0.146. The van der Waals surface area contributed by atoms with E-state index in [-0.39, 0.29) is 17.7 Å². The third-order valence-corrected chi connectivity index (χ3v) is 6.32. The molecule has 144 valence electrons. The van der Waals surface area contributed by atoms with E-state index in [2.05, 4.69) is 20.1 Å². The van der Waals surface area contributed by atoms with Crippen molar-refractivity contribution in [3.8, 4) is 11.4 Å². The fourth-order valence-electron chi connectivity index (χ4n) is 4.97. The maximum absolute atomic E-state index is 12.8. The minimum absolute atomic E-state index is 0.0212. The number of amides is 1. The van der Waals surface area contributed by atoms with Crippen LogP contribution in [0.2, 0.25) is 0 Å². The van der Waals surface area contributed by atoms with Crippen molar-refractivity contribution in [1.82, 2.24) is 14.8 Å². The van der Waals surface area contributed by atoms with Crippen LogP contribution in [-0.2, 0) is 22.6 Å². The summed E-state index contributed by atoms with van der Waals surface area (Å²) in [5.74, 6) is -0.347. The van der Waals surface area contributed by atoms with Crippen molar-refractivity contribution in [2.24, 2.45) is 23.7 Å². The molecule has 1 amide bonds. The summed E-state index contributed by atoms with van der Waals surface area (Å²) in [5, 5.41) is 21.1. The molecule has 0 spiro atoms. The van der Waals surface area contributed by atoms with Crippen LogP contribution in [0.4, 0.5) is 5.69 Å². The number of nitrogens with zero attached hydrogens (tertiary/aromatic N) is 3. The summed E-state index contributed by atoms with van der Waals surface area (Å²) in [5.41, 5.74) is 1.63. The molecular formula is C21H22N4O3. The van der Waals surface area contributed by atoms with Crippen LogP contribution in [0.15, 0.2) is 36.4 Å². The number of rotatable bonds is 4. The zero-order valence-corrected chi connectivity index (χ0v) is 15.4. The Kier molecular flexibility index (Phi) is 4.03. The number of aliphatic carboxylic acids is 1. The minimum Gasteiger partial charge on any atom is -0.481 e. The standard InChI is InChI=1S/C21H22N4O3/c26-20(17-13-4-5-14(11-13)18(17)21(27)28)22-15-8-6-12(7-9-15)19-24-23-16-3-1-2-10-25(16)19/h4-9,13-14,17-18H,1-3,10-11H2,(H,22,26)(H,27,28). The van der Waals surface area contributed by atoms with E-state index < -0.39 is 17.8 Å². The summed E-state index contributed by atoms with van der Waals surface area (Å²) in [6, 6.07) is 7.54. The Morgan fingerprint density at radius 3 is 2.54 bits per heavy atom. The minimum atomic E-state index is -0.885. The highest BCUT2D eigenvalue weighted by Gasteiger charge is 2.51. The van der Waals surface area contributed by atoms with Crippen molar-refractivity contribution < 1.29 is 14.7 Å². The second kappa shape index (κ2) is 6.58. The highest BCUT2D eigenvalue weighted by molar-refractivity contribution is 5.96. The predicted octanol–water partition coefficient (Wildman–Crippen LogP) is 2.74. The van der Waals surface area contributed by atoms with E-state index in [0.29, 0.717) is 5.69 Å². The number of aryl methyl sites for hydroxylation is 1. The van der Waals surface area contributed by atoms with E-state index in [1.54, 1.807) is 0 Å². The number of carbonyl (C=O) groups is 2. The Morgan fingerprint density at radius 2 is 1.79 bits per heavy atom. The topological polar surface area (TPSA) is 97.1 Å². The van der Waals surface area contributed by atoms with Crippen LogP contribution in [0.1, 0.15) is 25.1 Å². The molecule has 4 atom stereocenters. The second-order valence-corrected chi connectivity index (χ2v) is 7.95. The smallest absolute Gasteiger partial charge is 0.307 e. The number of hydrogen-bond donors (Lipinski definition) is 2. The van der Waals surface area contributed by atoms with E-state index >= 15 is 0 Å². The third kappa shape index (κ3) is 2.73. The number of carbonyl (C=O) groups excluding carboxylic acids is 1. The Balaban J connectivity index is 1.33. The molecule has 1 fully saturated rings. The lowest BCUT2D eigenvalue weighted by atomic mass is 9.82. The van der Waals surface area contributed by atoms with Crippen molar-refractivity contribution in [3.05, 3.63) is 42.2 Å². The number of benzene rings is 1. The van der Waals surface area contributed by atoms with Gasteiger partial charge >= 0.3 is 5.97 Å². The lowest BCUT2D eigenvalue weighted by Gasteiger charge is -2.23. The van der Waals surface area contributed by atoms with Gasteiger partial charge in [-0.25, -0.2) is 0 Å². The summed E-state index contributed by atoms with van der Waals surface area (Å²) in [4.78, 5) is 24.4. The van der Waals surface area contributed by atoms with Crippen LogP contribution in [-0.4, -0.2) is 31.7 Å². The number of carboxylic acids is 1. The Labute approximate surface area is 162 Å². The van der Waals surface area contributed by atoms with Gasteiger partial charge in [0.1, 0.15) is 5.82 Å². The van der Waals surface area contributed by atoms with Crippen LogP contribution in [0.5, 0.6) is 0 Å². The average Bonchev–Trinajstić information content (AvgIpc) is 3.42. The first-order chi connectivity index (χ1) is 13.6. The molecule has 2 bridgehead atoms. The number of carboxylic acid groups (broad SMARTS) is 1. The number of anilines is 1. The molecule has 2 heterocycles. The van der Waals surface area contributed by atoms with Crippen LogP contribution < -0.4 is 5.32 Å². The molecule has 1 aliphatic heterocycles. The van der Waals surface area contributed by atoms with Crippen LogP contribution in [0, 0.1) is 23.7 Å². The van der Waals surface area contributed by atoms with Gasteiger partial charge in [0.25, 0.3) is 0 Å². The van der Waals surface area contributed by atoms with Gasteiger partial charge in [-0.1, -0.05) is 12.2 Å². The van der Waals surface area contributed by atoms with Crippen LogP contribution in [0.25, 0.3) is 11.4 Å². The molecule has 3 aliphatic rings. The Bertz CT molecular complexity index is 963. The van der Waals surface area contributed by atoms with Gasteiger partial charge in [-0.05, 0) is 55.4 Å². The van der Waals surface area contributed by atoms with Crippen LogP contribution in [0.3, 0.4) is 0 Å². The molecule has 7 heteroatoms. The number of aromatic nitrogens is 3. The van der Waals surface area contributed by atoms with E-state index in [1.165, 1.54) is 0 Å². The molecule has 1 aromatic heterocycles. The summed E-state index contributed by atoms with van der Waals surface area (Å²) >= 11 is 0. The largest absolute Gasteiger partial charge is 0.481 e.